The van der Waals surface area contributed by atoms with Crippen molar-refractivity contribution in [2.75, 3.05) is 18.1 Å². The van der Waals surface area contributed by atoms with Gasteiger partial charge in [0.25, 0.3) is 0 Å². The van der Waals surface area contributed by atoms with E-state index >= 15 is 0 Å². The zero-order valence-electron chi connectivity index (χ0n) is 11.6. The molecule has 0 aliphatic carbocycles. The highest BCUT2D eigenvalue weighted by molar-refractivity contribution is 7.91. The summed E-state index contributed by atoms with van der Waals surface area (Å²) >= 11 is 0. The van der Waals surface area contributed by atoms with Crippen molar-refractivity contribution in [1.29, 1.82) is 0 Å². The van der Waals surface area contributed by atoms with Crippen molar-refractivity contribution in [1.82, 2.24) is 4.90 Å². The molecule has 2 rings (SSSR count). The monoisotopic (exact) mass is 281 g/mol. The largest absolute Gasteiger partial charge is 0.295 e. The molecule has 19 heavy (non-hydrogen) atoms. The predicted octanol–water partition coefficient (Wildman–Crippen LogP) is 2.48. The fraction of sp³-hybridized carbons (Fsp3) is 0.600. The predicted molar refractivity (Wildman–Crippen MR) is 78.8 cm³/mol. The molecule has 1 aliphatic rings. The minimum Gasteiger partial charge on any atom is -0.295 e. The van der Waals surface area contributed by atoms with E-state index in [2.05, 4.69) is 24.0 Å². The van der Waals surface area contributed by atoms with Gasteiger partial charge >= 0.3 is 0 Å². The van der Waals surface area contributed by atoms with Gasteiger partial charge in [-0.25, -0.2) is 8.42 Å². The molecule has 1 aromatic rings. The lowest BCUT2D eigenvalue weighted by Crippen LogP contribution is -2.36. The number of nitrogens with zero attached hydrogens (tertiary/aromatic N) is 1. The number of rotatable bonds is 6. The first kappa shape index (κ1) is 14.5. The molecule has 0 saturated carbocycles. The number of benzene rings is 1. The molecule has 0 aromatic heterocycles. The lowest BCUT2D eigenvalue weighted by molar-refractivity contribution is 0.200. The second-order valence-corrected chi connectivity index (χ2v) is 7.60. The summed E-state index contributed by atoms with van der Waals surface area (Å²) in [7, 11) is -2.80. The van der Waals surface area contributed by atoms with Gasteiger partial charge in [-0.2, -0.15) is 0 Å². The summed E-state index contributed by atoms with van der Waals surface area (Å²) in [6.07, 6.45) is 3.06. The Morgan fingerprint density at radius 3 is 2.58 bits per heavy atom. The Morgan fingerprint density at radius 2 is 2.00 bits per heavy atom. The minimum atomic E-state index is -2.80. The van der Waals surface area contributed by atoms with E-state index in [1.165, 1.54) is 5.56 Å². The first-order valence-electron chi connectivity index (χ1n) is 7.09. The van der Waals surface area contributed by atoms with Crippen molar-refractivity contribution in [3.8, 4) is 0 Å². The van der Waals surface area contributed by atoms with E-state index in [1.54, 1.807) is 0 Å². The second kappa shape index (κ2) is 6.53. The summed E-state index contributed by atoms with van der Waals surface area (Å²) in [6, 6.07) is 10.5. The number of hydrogen-bond donors (Lipinski definition) is 0. The molecule has 106 valence electrons. The molecule has 0 N–H and O–H groups in total. The number of sulfone groups is 1. The zero-order chi connectivity index (χ0) is 13.7. The molecule has 1 fully saturated rings. The summed E-state index contributed by atoms with van der Waals surface area (Å²) in [5.41, 5.74) is 1.27. The topological polar surface area (TPSA) is 37.4 Å². The van der Waals surface area contributed by atoms with Crippen LogP contribution in [0, 0.1) is 0 Å². The van der Waals surface area contributed by atoms with Crippen LogP contribution in [0.15, 0.2) is 30.3 Å². The van der Waals surface area contributed by atoms with Gasteiger partial charge in [0, 0.05) is 12.6 Å². The first-order chi connectivity index (χ1) is 9.11. The highest BCUT2D eigenvalue weighted by Gasteiger charge is 2.31. The molecule has 3 nitrogen and oxygen atoms in total. The molecule has 0 spiro atoms. The van der Waals surface area contributed by atoms with E-state index in [0.717, 1.165) is 32.4 Å². The molecule has 1 aliphatic heterocycles. The highest BCUT2D eigenvalue weighted by Crippen LogP contribution is 2.20. The van der Waals surface area contributed by atoms with Crippen LogP contribution in [-0.2, 0) is 16.4 Å². The standard InChI is InChI=1S/C15H23NO2S/c1-2-3-10-16(12-14-7-5-4-6-8-14)15-9-11-19(17,18)13-15/h4-8,15H,2-3,9-13H2,1H3/t15-/m0/s1. The lowest BCUT2D eigenvalue weighted by atomic mass is 10.1. The van der Waals surface area contributed by atoms with Gasteiger partial charge in [0.15, 0.2) is 9.84 Å². The van der Waals surface area contributed by atoms with Crippen molar-refractivity contribution < 1.29 is 8.42 Å². The molecule has 4 heteroatoms. The molecular weight excluding hydrogens is 258 g/mol. The van der Waals surface area contributed by atoms with Crippen LogP contribution < -0.4 is 0 Å². The van der Waals surface area contributed by atoms with Gasteiger partial charge in [0.05, 0.1) is 11.5 Å². The molecule has 1 heterocycles. The Morgan fingerprint density at radius 1 is 1.26 bits per heavy atom. The van der Waals surface area contributed by atoms with Crippen molar-refractivity contribution >= 4 is 9.84 Å². The Bertz CT molecular complexity index is 484. The fourth-order valence-corrected chi connectivity index (χ4v) is 4.39. The molecule has 0 bridgehead atoms. The van der Waals surface area contributed by atoms with Crippen LogP contribution in [-0.4, -0.2) is 37.4 Å². The maximum absolute atomic E-state index is 11.6. The number of hydrogen-bond acceptors (Lipinski definition) is 3. The molecular formula is C15H23NO2S. The van der Waals surface area contributed by atoms with Gasteiger partial charge in [-0.15, -0.1) is 0 Å². The van der Waals surface area contributed by atoms with E-state index in [1.807, 2.05) is 18.2 Å². The minimum absolute atomic E-state index is 0.205. The van der Waals surface area contributed by atoms with Gasteiger partial charge in [0.2, 0.25) is 0 Å². The summed E-state index contributed by atoms with van der Waals surface area (Å²) in [4.78, 5) is 2.35. The number of unbranched alkanes of at least 4 members (excludes halogenated alkanes) is 1. The van der Waals surface area contributed by atoms with Crippen LogP contribution in [0.25, 0.3) is 0 Å². The van der Waals surface area contributed by atoms with E-state index < -0.39 is 9.84 Å². The Kier molecular flexibility index (Phi) is 4.99. The second-order valence-electron chi connectivity index (χ2n) is 5.37. The summed E-state index contributed by atoms with van der Waals surface area (Å²) in [5.74, 6) is 0.693. The maximum atomic E-state index is 11.6. The van der Waals surface area contributed by atoms with E-state index in [9.17, 15) is 8.42 Å². The van der Waals surface area contributed by atoms with Crippen molar-refractivity contribution in [2.24, 2.45) is 0 Å². The lowest BCUT2D eigenvalue weighted by Gasteiger charge is -2.28. The van der Waals surface area contributed by atoms with Gasteiger partial charge < -0.3 is 0 Å². The summed E-state index contributed by atoms with van der Waals surface area (Å²) in [6.45, 7) is 4.03. The van der Waals surface area contributed by atoms with Crippen LogP contribution in [0.1, 0.15) is 31.7 Å². The van der Waals surface area contributed by atoms with Crippen molar-refractivity contribution in [3.05, 3.63) is 35.9 Å². The fourth-order valence-electron chi connectivity index (χ4n) is 2.63. The Balaban J connectivity index is 2.04. The Labute approximate surface area is 116 Å². The van der Waals surface area contributed by atoms with E-state index in [4.69, 9.17) is 0 Å². The molecule has 1 aromatic carbocycles. The zero-order valence-corrected chi connectivity index (χ0v) is 12.4. The molecule has 0 unspecified atom stereocenters. The third kappa shape index (κ3) is 4.32. The quantitative estimate of drug-likeness (QED) is 0.804. The third-order valence-electron chi connectivity index (χ3n) is 3.75. The highest BCUT2D eigenvalue weighted by atomic mass is 32.2. The van der Waals surface area contributed by atoms with Crippen LogP contribution >= 0.6 is 0 Å². The molecule has 0 amide bonds. The van der Waals surface area contributed by atoms with Crippen LogP contribution in [0.5, 0.6) is 0 Å². The normalized spacial score (nSPS) is 21.9. The molecule has 0 radical (unpaired) electrons. The molecule has 1 saturated heterocycles. The van der Waals surface area contributed by atoms with Gasteiger partial charge in [-0.3, -0.25) is 4.90 Å². The smallest absolute Gasteiger partial charge is 0.151 e. The van der Waals surface area contributed by atoms with Gasteiger partial charge in [0.1, 0.15) is 0 Å². The summed E-state index contributed by atoms with van der Waals surface area (Å²) in [5, 5.41) is 0. The van der Waals surface area contributed by atoms with Crippen molar-refractivity contribution in [2.45, 2.75) is 38.8 Å². The Hall–Kier alpha value is -0.870. The average molecular weight is 281 g/mol. The average Bonchev–Trinajstić information content (AvgIpc) is 2.76. The maximum Gasteiger partial charge on any atom is 0.151 e. The van der Waals surface area contributed by atoms with Gasteiger partial charge in [-0.1, -0.05) is 43.7 Å². The van der Waals surface area contributed by atoms with Crippen molar-refractivity contribution in [3.63, 3.8) is 0 Å². The molecule has 1 atom stereocenters. The van der Waals surface area contributed by atoms with Crippen LogP contribution in [0.4, 0.5) is 0 Å². The summed E-state index contributed by atoms with van der Waals surface area (Å²) < 4.78 is 23.3. The van der Waals surface area contributed by atoms with Gasteiger partial charge in [-0.05, 0) is 24.9 Å². The van der Waals surface area contributed by atoms with E-state index in [0.29, 0.717) is 11.5 Å². The van der Waals surface area contributed by atoms with Crippen LogP contribution in [0.3, 0.4) is 0 Å². The van der Waals surface area contributed by atoms with Crippen LogP contribution in [0.2, 0.25) is 0 Å². The van der Waals surface area contributed by atoms with E-state index in [-0.39, 0.29) is 6.04 Å². The first-order valence-corrected chi connectivity index (χ1v) is 8.91. The third-order valence-corrected chi connectivity index (χ3v) is 5.50. The SMILES string of the molecule is CCCCN(Cc1ccccc1)[C@H]1CCS(=O)(=O)C1.